The van der Waals surface area contributed by atoms with E-state index in [4.69, 9.17) is 16.3 Å². The summed E-state index contributed by atoms with van der Waals surface area (Å²) in [6.07, 6.45) is 5.28. The molecule has 2 aliphatic rings. The Kier molecular flexibility index (Phi) is 3.24. The molecule has 2 aromatic rings. The molecule has 0 unspecified atom stereocenters. The lowest BCUT2D eigenvalue weighted by Gasteiger charge is -2.26. The van der Waals surface area contributed by atoms with Crippen LogP contribution < -0.4 is 4.90 Å². The Labute approximate surface area is 132 Å². The largest absolute Gasteiger partial charge is 0.493 e. The quantitative estimate of drug-likeness (QED) is 0.755. The van der Waals surface area contributed by atoms with Crippen molar-refractivity contribution >= 4 is 34.2 Å². The van der Waals surface area contributed by atoms with Crippen LogP contribution in [-0.4, -0.2) is 13.2 Å². The average molecular weight is 316 g/mol. The number of thiophene rings is 1. The number of rotatable bonds is 1. The Morgan fingerprint density at radius 2 is 2.10 bits per heavy atom. The predicted molar refractivity (Wildman–Crippen MR) is 88.8 cm³/mol. The van der Waals surface area contributed by atoms with Crippen LogP contribution in [-0.2, 0) is 11.2 Å². The highest BCUT2D eigenvalue weighted by atomic mass is 35.5. The van der Waals surface area contributed by atoms with E-state index in [1.807, 2.05) is 24.3 Å². The first-order chi connectivity index (χ1) is 10.3. The van der Waals surface area contributed by atoms with Crippen LogP contribution in [0.3, 0.4) is 0 Å². The predicted octanol–water partition coefficient (Wildman–Crippen LogP) is 4.72. The Balaban J connectivity index is 1.79. The lowest BCUT2D eigenvalue weighted by Crippen LogP contribution is -2.21. The molecule has 2 nitrogen and oxygen atoms in total. The average Bonchev–Trinajstić information content (AvgIpc) is 2.90. The highest BCUT2D eigenvalue weighted by Gasteiger charge is 2.23. The van der Waals surface area contributed by atoms with Gasteiger partial charge in [-0.3, -0.25) is 0 Å². The van der Waals surface area contributed by atoms with Gasteiger partial charge in [-0.25, -0.2) is 0 Å². The van der Waals surface area contributed by atoms with Crippen molar-refractivity contribution in [2.45, 2.75) is 6.42 Å². The third kappa shape index (κ3) is 2.27. The van der Waals surface area contributed by atoms with Gasteiger partial charge in [0, 0.05) is 24.0 Å². The van der Waals surface area contributed by atoms with E-state index >= 15 is 0 Å². The summed E-state index contributed by atoms with van der Waals surface area (Å²) >= 11 is 8.10. The van der Waals surface area contributed by atoms with Gasteiger partial charge in [0.25, 0.3) is 0 Å². The van der Waals surface area contributed by atoms with E-state index in [1.165, 1.54) is 16.0 Å². The molecule has 0 bridgehead atoms. The van der Waals surface area contributed by atoms with Crippen LogP contribution >= 0.6 is 22.9 Å². The van der Waals surface area contributed by atoms with E-state index in [9.17, 15) is 0 Å². The minimum Gasteiger partial charge on any atom is -0.493 e. The minimum absolute atomic E-state index is 0.749. The SMILES string of the molecule is Clc1ccccc1N1C=C2C(=CC1)OCCc1ccsc12. The summed E-state index contributed by atoms with van der Waals surface area (Å²) < 4.78 is 5.90. The van der Waals surface area contributed by atoms with Crippen molar-refractivity contribution in [3.63, 3.8) is 0 Å². The number of para-hydroxylation sites is 1. The molecule has 4 rings (SSSR count). The summed E-state index contributed by atoms with van der Waals surface area (Å²) in [5, 5.41) is 2.93. The van der Waals surface area contributed by atoms with Crippen LogP contribution in [0.4, 0.5) is 5.69 Å². The van der Waals surface area contributed by atoms with Crippen molar-refractivity contribution in [2.75, 3.05) is 18.1 Å². The first kappa shape index (κ1) is 13.0. The lowest BCUT2D eigenvalue weighted by atomic mass is 10.1. The number of nitrogens with zero attached hydrogens (tertiary/aromatic N) is 1. The third-order valence-electron chi connectivity index (χ3n) is 3.81. The Morgan fingerprint density at radius 3 is 3.00 bits per heavy atom. The summed E-state index contributed by atoms with van der Waals surface area (Å²) in [5.74, 6) is 1.000. The second-order valence-electron chi connectivity index (χ2n) is 5.09. The second-order valence-corrected chi connectivity index (χ2v) is 6.41. The highest BCUT2D eigenvalue weighted by molar-refractivity contribution is 7.11. The van der Waals surface area contributed by atoms with Gasteiger partial charge in [-0.15, -0.1) is 11.3 Å². The lowest BCUT2D eigenvalue weighted by molar-refractivity contribution is 0.233. The zero-order valence-corrected chi connectivity index (χ0v) is 13.0. The van der Waals surface area contributed by atoms with E-state index in [2.05, 4.69) is 28.6 Å². The molecule has 0 saturated carbocycles. The zero-order valence-electron chi connectivity index (χ0n) is 11.4. The molecule has 0 aliphatic carbocycles. The smallest absolute Gasteiger partial charge is 0.127 e. The number of halogens is 1. The summed E-state index contributed by atoms with van der Waals surface area (Å²) in [4.78, 5) is 3.50. The van der Waals surface area contributed by atoms with Gasteiger partial charge in [0.2, 0.25) is 0 Å². The van der Waals surface area contributed by atoms with Gasteiger partial charge < -0.3 is 9.64 Å². The molecule has 0 N–H and O–H groups in total. The number of ether oxygens (including phenoxy) is 1. The van der Waals surface area contributed by atoms with Gasteiger partial charge >= 0.3 is 0 Å². The molecule has 0 radical (unpaired) electrons. The first-order valence-electron chi connectivity index (χ1n) is 6.96. The Morgan fingerprint density at radius 1 is 1.19 bits per heavy atom. The summed E-state index contributed by atoms with van der Waals surface area (Å²) in [5.41, 5.74) is 3.57. The van der Waals surface area contributed by atoms with Gasteiger partial charge in [0.15, 0.2) is 0 Å². The maximum Gasteiger partial charge on any atom is 0.127 e. The normalized spacial score (nSPS) is 17.1. The molecule has 4 heteroatoms. The van der Waals surface area contributed by atoms with Crippen LogP contribution in [0, 0.1) is 0 Å². The van der Waals surface area contributed by atoms with E-state index in [0.717, 1.165) is 36.0 Å². The summed E-state index contributed by atoms with van der Waals surface area (Å²) in [7, 11) is 0. The van der Waals surface area contributed by atoms with Gasteiger partial charge in [-0.05, 0) is 35.2 Å². The Bertz CT molecular complexity index is 747. The fraction of sp³-hybridized carbons (Fsp3) is 0.176. The third-order valence-corrected chi connectivity index (χ3v) is 5.12. The number of benzene rings is 1. The monoisotopic (exact) mass is 315 g/mol. The fourth-order valence-electron chi connectivity index (χ4n) is 2.76. The molecule has 0 saturated heterocycles. The molecule has 0 atom stereocenters. The van der Waals surface area contributed by atoms with Gasteiger partial charge in [-0.2, -0.15) is 0 Å². The molecule has 3 heterocycles. The van der Waals surface area contributed by atoms with Gasteiger partial charge in [0.1, 0.15) is 5.76 Å². The molecule has 106 valence electrons. The second kappa shape index (κ2) is 5.24. The first-order valence-corrected chi connectivity index (χ1v) is 8.22. The van der Waals surface area contributed by atoms with E-state index < -0.39 is 0 Å². The molecular weight excluding hydrogens is 302 g/mol. The number of fused-ring (bicyclic) bond motifs is 3. The molecule has 1 aromatic carbocycles. The maximum atomic E-state index is 6.32. The fourth-order valence-corrected chi connectivity index (χ4v) is 3.98. The van der Waals surface area contributed by atoms with E-state index in [-0.39, 0.29) is 0 Å². The Hall–Kier alpha value is -1.71. The van der Waals surface area contributed by atoms with E-state index in [0.29, 0.717) is 0 Å². The van der Waals surface area contributed by atoms with Gasteiger partial charge in [0.05, 0.1) is 22.9 Å². The molecule has 0 fully saturated rings. The molecule has 21 heavy (non-hydrogen) atoms. The van der Waals surface area contributed by atoms with Crippen molar-refractivity contribution < 1.29 is 4.74 Å². The van der Waals surface area contributed by atoms with Crippen LogP contribution in [0.5, 0.6) is 0 Å². The van der Waals surface area contributed by atoms with Crippen LogP contribution in [0.15, 0.2) is 53.7 Å². The molecule has 1 aromatic heterocycles. The highest BCUT2D eigenvalue weighted by Crippen LogP contribution is 2.38. The van der Waals surface area contributed by atoms with Gasteiger partial charge in [-0.1, -0.05) is 23.7 Å². The number of anilines is 1. The van der Waals surface area contributed by atoms with E-state index in [1.54, 1.807) is 11.3 Å². The zero-order chi connectivity index (χ0) is 14.2. The molecule has 0 spiro atoms. The van der Waals surface area contributed by atoms with Crippen LogP contribution in [0.25, 0.3) is 5.57 Å². The van der Waals surface area contributed by atoms with Crippen LogP contribution in [0.1, 0.15) is 10.4 Å². The molecule has 2 aliphatic heterocycles. The maximum absolute atomic E-state index is 6.32. The minimum atomic E-state index is 0.749. The van der Waals surface area contributed by atoms with Crippen LogP contribution in [0.2, 0.25) is 5.02 Å². The molecule has 0 amide bonds. The van der Waals surface area contributed by atoms with Crippen molar-refractivity contribution in [2.24, 2.45) is 0 Å². The number of hydrogen-bond acceptors (Lipinski definition) is 3. The van der Waals surface area contributed by atoms with Crippen molar-refractivity contribution in [1.29, 1.82) is 0 Å². The number of allylic oxidation sites excluding steroid dienone is 1. The topological polar surface area (TPSA) is 12.5 Å². The van der Waals surface area contributed by atoms with Crippen molar-refractivity contribution in [3.05, 3.63) is 69.2 Å². The van der Waals surface area contributed by atoms with Crippen molar-refractivity contribution in [1.82, 2.24) is 0 Å². The van der Waals surface area contributed by atoms with Crippen molar-refractivity contribution in [3.8, 4) is 0 Å². The molecular formula is C17H14ClNOS. The summed E-state index contributed by atoms with van der Waals surface area (Å²) in [6.45, 7) is 1.53. The standard InChI is InChI=1S/C17H14ClNOS/c18-14-3-1-2-4-15(14)19-8-5-16-13(11-19)17-12(6-9-20-16)7-10-21-17/h1-5,7,10-11H,6,8-9H2. The summed E-state index contributed by atoms with van der Waals surface area (Å²) in [6, 6.07) is 10.1. The number of hydrogen-bond donors (Lipinski definition) is 0.